The third kappa shape index (κ3) is 26.5. The van der Waals surface area contributed by atoms with Crippen LogP contribution < -0.4 is 29.6 Å². The van der Waals surface area contributed by atoms with Crippen LogP contribution in [0.4, 0.5) is 0 Å². The van der Waals surface area contributed by atoms with E-state index in [1.54, 1.807) is 0 Å². The average Bonchev–Trinajstić information content (AvgIpc) is 2.74. The van der Waals surface area contributed by atoms with E-state index in [0.717, 1.165) is 44.9 Å². The van der Waals surface area contributed by atoms with Gasteiger partial charge in [0.1, 0.15) is 6.61 Å². The Morgan fingerprint density at radius 3 is 1.91 bits per heavy atom. The van der Waals surface area contributed by atoms with E-state index < -0.39 is 22.5 Å². The van der Waals surface area contributed by atoms with Crippen LogP contribution in [0.2, 0.25) is 0 Å². The first-order chi connectivity index (χ1) is 15.4. The Hall–Kier alpha value is 0.0400. The monoisotopic (exact) mass is 500 g/mol. The van der Waals surface area contributed by atoms with Gasteiger partial charge in [-0.05, 0) is 38.5 Å². The molecular weight excluding hydrogens is 455 g/mol. The van der Waals surface area contributed by atoms with Gasteiger partial charge in [0.25, 0.3) is 0 Å². The number of ether oxygens (including phenoxy) is 2. The molecule has 0 bridgehead atoms. The second-order valence-corrected chi connectivity index (χ2v) is 9.15. The number of carbonyl (C=O) groups excluding carboxylic acids is 1. The normalized spacial score (nSPS) is 12.6. The summed E-state index contributed by atoms with van der Waals surface area (Å²) in [6.07, 6.45) is 18.6. The Kier molecular flexibility index (Phi) is 26.8. The average molecular weight is 501 g/mol. The van der Waals surface area contributed by atoms with Crippen LogP contribution in [-0.4, -0.2) is 44.9 Å². The van der Waals surface area contributed by atoms with E-state index >= 15 is 0 Å². The Bertz CT molecular complexity index is 567. The van der Waals surface area contributed by atoms with Crippen LogP contribution in [0.15, 0.2) is 12.2 Å². The molecule has 0 radical (unpaired) electrons. The summed E-state index contributed by atoms with van der Waals surface area (Å²) in [6, 6.07) is 0. The van der Waals surface area contributed by atoms with Gasteiger partial charge in [0, 0.05) is 6.61 Å². The van der Waals surface area contributed by atoms with Gasteiger partial charge in [-0.25, -0.2) is 13.2 Å². The minimum absolute atomic E-state index is 0. The van der Waals surface area contributed by atoms with Crippen LogP contribution in [-0.2, 0) is 28.9 Å². The number of hydrogen-bond acceptors (Lipinski definition) is 7. The molecule has 0 aromatic heterocycles. The molecule has 0 aliphatic carbocycles. The third-order valence-electron chi connectivity index (χ3n) is 5.09. The molecule has 33 heavy (non-hydrogen) atoms. The first-order valence-corrected chi connectivity index (χ1v) is 13.8. The first-order valence-electron chi connectivity index (χ1n) is 12.4. The Labute approximate surface area is 224 Å². The van der Waals surface area contributed by atoms with E-state index in [0.29, 0.717) is 13.0 Å². The van der Waals surface area contributed by atoms with Gasteiger partial charge in [-0.15, -0.1) is 0 Å². The maximum atomic E-state index is 12.1. The number of rotatable bonds is 23. The number of esters is 1. The Morgan fingerprint density at radius 1 is 0.788 bits per heavy atom. The molecule has 7 nitrogen and oxygen atoms in total. The minimum Gasteiger partial charge on any atom is -0.726 e. The van der Waals surface area contributed by atoms with Gasteiger partial charge in [-0.1, -0.05) is 83.8 Å². The van der Waals surface area contributed by atoms with Crippen molar-refractivity contribution in [2.75, 3.05) is 19.8 Å². The summed E-state index contributed by atoms with van der Waals surface area (Å²) >= 11 is 0. The minimum atomic E-state index is -4.97. The number of unbranched alkanes of at least 4 members (excludes halogenated alkanes) is 11. The Morgan fingerprint density at radius 2 is 1.33 bits per heavy atom. The summed E-state index contributed by atoms with van der Waals surface area (Å²) in [6.45, 7) is 5.09. The van der Waals surface area contributed by atoms with Crippen molar-refractivity contribution in [3.05, 3.63) is 12.2 Å². The van der Waals surface area contributed by atoms with Crippen molar-refractivity contribution in [3.8, 4) is 0 Å². The van der Waals surface area contributed by atoms with Crippen LogP contribution in [0.3, 0.4) is 0 Å². The van der Waals surface area contributed by atoms with Crippen LogP contribution in [0.1, 0.15) is 110 Å². The predicted octanol–water partition coefficient (Wildman–Crippen LogP) is 2.84. The molecule has 0 amide bonds. The van der Waals surface area contributed by atoms with Gasteiger partial charge >= 0.3 is 35.5 Å². The second-order valence-electron chi connectivity index (χ2n) is 8.15. The standard InChI is InChI=1S/C24H46O7S.Na/c1-3-5-7-8-9-10-11-12-13-14-15-16-17-18-19-23(31-32(26,27)28)24(25)30-22-21-29-20-6-4-2;/h12-13,23H,3-11,14-22H2,1-2H3,(H,26,27,28);/q;+1/p-1. The van der Waals surface area contributed by atoms with Gasteiger partial charge < -0.3 is 14.0 Å². The quantitative estimate of drug-likeness (QED) is 0.0531. The van der Waals surface area contributed by atoms with E-state index in [-0.39, 0.29) is 49.2 Å². The maximum Gasteiger partial charge on any atom is 1.00 e. The molecule has 9 heteroatoms. The third-order valence-corrected chi connectivity index (χ3v) is 5.56. The number of carbonyl (C=O) groups is 1. The molecule has 0 aliphatic heterocycles. The smallest absolute Gasteiger partial charge is 0.726 e. The molecule has 0 rings (SSSR count). The van der Waals surface area contributed by atoms with Crippen molar-refractivity contribution >= 4 is 16.4 Å². The molecule has 0 saturated carbocycles. The SMILES string of the molecule is CCCCCCCCC=CCCCCCCC(OS(=O)(=O)[O-])C(=O)OCCOCCCC.[Na+]. The van der Waals surface area contributed by atoms with Crippen molar-refractivity contribution in [1.29, 1.82) is 0 Å². The van der Waals surface area contributed by atoms with Gasteiger partial charge in [0.05, 0.1) is 6.61 Å². The summed E-state index contributed by atoms with van der Waals surface area (Å²) in [5.74, 6) is -0.832. The fraction of sp³-hybridized carbons (Fsp3) is 0.875. The maximum absolute atomic E-state index is 12.1. The van der Waals surface area contributed by atoms with Crippen LogP contribution in [0.5, 0.6) is 0 Å². The van der Waals surface area contributed by atoms with E-state index in [2.05, 4.69) is 23.3 Å². The van der Waals surface area contributed by atoms with E-state index in [9.17, 15) is 17.8 Å². The van der Waals surface area contributed by atoms with Crippen molar-refractivity contribution in [2.45, 2.75) is 116 Å². The molecule has 0 fully saturated rings. The molecule has 1 unspecified atom stereocenters. The van der Waals surface area contributed by atoms with Crippen LogP contribution >= 0.6 is 0 Å². The number of allylic oxidation sites excluding steroid dienone is 2. The van der Waals surface area contributed by atoms with Gasteiger partial charge in [-0.2, -0.15) is 0 Å². The summed E-state index contributed by atoms with van der Waals surface area (Å²) in [5.41, 5.74) is 0. The molecule has 0 aromatic carbocycles. The summed E-state index contributed by atoms with van der Waals surface area (Å²) < 4.78 is 47.5. The molecular formula is C24H45NaO7S. The zero-order valence-electron chi connectivity index (χ0n) is 21.2. The van der Waals surface area contributed by atoms with Gasteiger partial charge in [-0.3, -0.25) is 4.18 Å². The molecule has 0 N–H and O–H groups in total. The van der Waals surface area contributed by atoms with Crippen molar-refractivity contribution < 1.29 is 61.0 Å². The van der Waals surface area contributed by atoms with Crippen LogP contribution in [0, 0.1) is 0 Å². The fourth-order valence-corrected chi connectivity index (χ4v) is 3.67. The second kappa shape index (κ2) is 25.1. The predicted molar refractivity (Wildman–Crippen MR) is 126 cm³/mol. The Balaban J connectivity index is 0. The zero-order chi connectivity index (χ0) is 23.9. The topological polar surface area (TPSA) is 102 Å². The van der Waals surface area contributed by atoms with Crippen molar-refractivity contribution in [1.82, 2.24) is 0 Å². The molecule has 0 spiro atoms. The van der Waals surface area contributed by atoms with Crippen molar-refractivity contribution in [2.24, 2.45) is 0 Å². The first kappa shape index (κ1) is 35.2. The van der Waals surface area contributed by atoms with Crippen LogP contribution in [0.25, 0.3) is 0 Å². The molecule has 0 aliphatic rings. The van der Waals surface area contributed by atoms with Gasteiger partial charge in [0.15, 0.2) is 6.10 Å². The molecule has 0 aromatic rings. The van der Waals surface area contributed by atoms with E-state index in [4.69, 9.17) is 9.47 Å². The fourth-order valence-electron chi connectivity index (χ4n) is 3.21. The largest absolute Gasteiger partial charge is 1.00 e. The summed E-state index contributed by atoms with van der Waals surface area (Å²) in [4.78, 5) is 12.1. The summed E-state index contributed by atoms with van der Waals surface area (Å²) in [7, 11) is -4.97. The van der Waals surface area contributed by atoms with Gasteiger partial charge in [0.2, 0.25) is 10.4 Å². The molecule has 0 heterocycles. The molecule has 0 saturated heterocycles. The van der Waals surface area contributed by atoms with E-state index in [1.807, 2.05) is 6.92 Å². The molecule has 1 atom stereocenters. The molecule has 190 valence electrons. The number of hydrogen-bond donors (Lipinski definition) is 0. The van der Waals surface area contributed by atoms with E-state index in [1.165, 1.54) is 38.5 Å². The van der Waals surface area contributed by atoms with Crippen molar-refractivity contribution in [3.63, 3.8) is 0 Å². The zero-order valence-corrected chi connectivity index (χ0v) is 24.0. The summed E-state index contributed by atoms with van der Waals surface area (Å²) in [5, 5.41) is 0.